The van der Waals surface area contributed by atoms with E-state index < -0.39 is 0 Å². The number of rotatable bonds is 2. The van der Waals surface area contributed by atoms with E-state index in [2.05, 4.69) is 13.5 Å². The van der Waals surface area contributed by atoms with E-state index in [1.54, 1.807) is 0 Å². The van der Waals surface area contributed by atoms with Gasteiger partial charge < -0.3 is 4.43 Å². The molecule has 0 N–H and O–H groups in total. The summed E-state index contributed by atoms with van der Waals surface area (Å²) in [6.07, 6.45) is 5.09. The molecule has 1 aliphatic rings. The Morgan fingerprint density at radius 3 is 2.60 bits per heavy atom. The lowest BCUT2D eigenvalue weighted by Gasteiger charge is -2.17. The molecule has 0 aromatic heterocycles. The summed E-state index contributed by atoms with van der Waals surface area (Å²) in [6, 6.07) is 0. The highest BCUT2D eigenvalue weighted by Crippen LogP contribution is 2.24. The lowest BCUT2D eigenvalue weighted by Crippen LogP contribution is -2.02. The molecular formula is C8H14OSi. The summed E-state index contributed by atoms with van der Waals surface area (Å²) in [7, 11) is 0.617. The lowest BCUT2D eigenvalue weighted by molar-refractivity contribution is 0.397. The molecule has 0 heterocycles. The molecule has 0 aliphatic heterocycles. The van der Waals surface area contributed by atoms with Gasteiger partial charge in [-0.15, -0.1) is 0 Å². The normalized spacial score (nSPS) is 19.4. The topological polar surface area (TPSA) is 9.23 Å². The summed E-state index contributed by atoms with van der Waals surface area (Å²) in [5.74, 6) is 1.27. The molecule has 2 radical (unpaired) electrons. The zero-order chi connectivity index (χ0) is 7.40. The van der Waals surface area contributed by atoms with Crippen LogP contribution in [0.4, 0.5) is 0 Å². The van der Waals surface area contributed by atoms with Crippen LogP contribution in [0.2, 0.25) is 6.55 Å². The van der Waals surface area contributed by atoms with Gasteiger partial charge in [0, 0.05) is 6.42 Å². The second-order valence-electron chi connectivity index (χ2n) is 2.72. The molecule has 0 fully saturated rings. The molecule has 0 bridgehead atoms. The van der Waals surface area contributed by atoms with Crippen molar-refractivity contribution in [2.24, 2.45) is 0 Å². The maximum atomic E-state index is 5.50. The molecule has 0 amide bonds. The van der Waals surface area contributed by atoms with Gasteiger partial charge in [-0.2, -0.15) is 0 Å². The second kappa shape index (κ2) is 3.81. The summed E-state index contributed by atoms with van der Waals surface area (Å²) in [5.41, 5.74) is 1.47. The van der Waals surface area contributed by atoms with Crippen molar-refractivity contribution in [3.8, 4) is 0 Å². The fourth-order valence-electron chi connectivity index (χ4n) is 1.29. The van der Waals surface area contributed by atoms with Crippen LogP contribution in [0, 0.1) is 0 Å². The van der Waals surface area contributed by atoms with E-state index in [-0.39, 0.29) is 0 Å². The third-order valence-electron chi connectivity index (χ3n) is 1.91. The Morgan fingerprint density at radius 1 is 1.30 bits per heavy atom. The molecule has 56 valence electrons. The highest BCUT2D eigenvalue weighted by atomic mass is 28.2. The van der Waals surface area contributed by atoms with E-state index in [1.807, 2.05) is 0 Å². The van der Waals surface area contributed by atoms with Gasteiger partial charge in [0.15, 0.2) is 0 Å². The van der Waals surface area contributed by atoms with Gasteiger partial charge >= 0.3 is 9.76 Å². The van der Waals surface area contributed by atoms with E-state index in [4.69, 9.17) is 4.43 Å². The van der Waals surface area contributed by atoms with Crippen LogP contribution in [0.5, 0.6) is 0 Å². The molecule has 1 rings (SSSR count). The van der Waals surface area contributed by atoms with Crippen LogP contribution in [-0.4, -0.2) is 9.76 Å². The molecule has 0 atom stereocenters. The molecule has 0 saturated carbocycles. The Morgan fingerprint density at radius 2 is 2.00 bits per heavy atom. The molecule has 10 heavy (non-hydrogen) atoms. The molecule has 2 heteroatoms. The van der Waals surface area contributed by atoms with Crippen molar-refractivity contribution >= 4 is 9.76 Å². The first-order valence-electron chi connectivity index (χ1n) is 3.87. The summed E-state index contributed by atoms with van der Waals surface area (Å²) in [4.78, 5) is 0. The monoisotopic (exact) mass is 154 g/mol. The van der Waals surface area contributed by atoms with Gasteiger partial charge in [-0.05, 0) is 38.3 Å². The predicted molar refractivity (Wildman–Crippen MR) is 43.9 cm³/mol. The lowest BCUT2D eigenvalue weighted by atomic mass is 9.99. The fraction of sp³-hybridized carbons (Fsp3) is 0.750. The van der Waals surface area contributed by atoms with Crippen LogP contribution in [0.3, 0.4) is 0 Å². The van der Waals surface area contributed by atoms with Gasteiger partial charge in [0.25, 0.3) is 0 Å². The molecule has 0 aromatic carbocycles. The Kier molecular flexibility index (Phi) is 3.00. The Labute approximate surface area is 65.4 Å². The molecule has 0 aromatic rings. The standard InChI is InChI=1S/C8H14OSi/c1-7-5-3-4-6-8(7)9-10-2/h3-6H2,1-2H3. The minimum absolute atomic E-state index is 0.617. The first-order chi connectivity index (χ1) is 4.84. The van der Waals surface area contributed by atoms with Gasteiger partial charge in [-0.25, -0.2) is 0 Å². The average molecular weight is 154 g/mol. The SMILES string of the molecule is C[Si]OC1=C(C)CCCC1. The quantitative estimate of drug-likeness (QED) is 0.555. The second-order valence-corrected chi connectivity index (χ2v) is 3.33. The third kappa shape index (κ3) is 1.87. The van der Waals surface area contributed by atoms with Crippen LogP contribution in [-0.2, 0) is 4.43 Å². The van der Waals surface area contributed by atoms with Crippen LogP contribution < -0.4 is 0 Å². The van der Waals surface area contributed by atoms with E-state index in [0.29, 0.717) is 9.76 Å². The largest absolute Gasteiger partial charge is 0.544 e. The number of hydrogen-bond acceptors (Lipinski definition) is 1. The highest BCUT2D eigenvalue weighted by Gasteiger charge is 2.08. The molecule has 0 spiro atoms. The first kappa shape index (κ1) is 7.86. The van der Waals surface area contributed by atoms with Crippen molar-refractivity contribution in [3.63, 3.8) is 0 Å². The van der Waals surface area contributed by atoms with Crippen LogP contribution in [0.15, 0.2) is 11.3 Å². The fourth-order valence-corrected chi connectivity index (χ4v) is 1.81. The van der Waals surface area contributed by atoms with Crippen molar-refractivity contribution in [3.05, 3.63) is 11.3 Å². The maximum Gasteiger partial charge on any atom is 0.306 e. The zero-order valence-electron chi connectivity index (χ0n) is 6.74. The Hall–Kier alpha value is -0.243. The summed E-state index contributed by atoms with van der Waals surface area (Å²) >= 11 is 0. The van der Waals surface area contributed by atoms with Crippen LogP contribution >= 0.6 is 0 Å². The van der Waals surface area contributed by atoms with Crippen molar-refractivity contribution in [2.45, 2.75) is 39.2 Å². The Balaban J connectivity index is 2.50. The average Bonchev–Trinajstić information content (AvgIpc) is 1.94. The van der Waals surface area contributed by atoms with Crippen LogP contribution in [0.25, 0.3) is 0 Å². The van der Waals surface area contributed by atoms with E-state index >= 15 is 0 Å². The van der Waals surface area contributed by atoms with Crippen LogP contribution in [0.1, 0.15) is 32.6 Å². The Bertz CT molecular complexity index is 140. The minimum Gasteiger partial charge on any atom is -0.544 e. The third-order valence-corrected chi connectivity index (χ3v) is 2.36. The van der Waals surface area contributed by atoms with E-state index in [1.165, 1.54) is 37.0 Å². The van der Waals surface area contributed by atoms with E-state index in [9.17, 15) is 0 Å². The summed E-state index contributed by atoms with van der Waals surface area (Å²) < 4.78 is 5.50. The van der Waals surface area contributed by atoms with Gasteiger partial charge in [-0.1, -0.05) is 0 Å². The minimum atomic E-state index is 0.617. The first-order valence-corrected chi connectivity index (χ1v) is 5.27. The van der Waals surface area contributed by atoms with Crippen molar-refractivity contribution in [1.82, 2.24) is 0 Å². The van der Waals surface area contributed by atoms with Gasteiger partial charge in [0.05, 0.1) is 5.76 Å². The van der Waals surface area contributed by atoms with Crippen molar-refractivity contribution in [2.75, 3.05) is 0 Å². The molecule has 0 unspecified atom stereocenters. The molecule has 1 aliphatic carbocycles. The zero-order valence-corrected chi connectivity index (χ0v) is 7.74. The molecule has 0 saturated heterocycles. The number of allylic oxidation sites excluding steroid dienone is 2. The molecule has 1 nitrogen and oxygen atoms in total. The van der Waals surface area contributed by atoms with Crippen molar-refractivity contribution in [1.29, 1.82) is 0 Å². The maximum absolute atomic E-state index is 5.50. The predicted octanol–water partition coefficient (Wildman–Crippen LogP) is 2.52. The van der Waals surface area contributed by atoms with E-state index in [0.717, 1.165) is 0 Å². The molecular weight excluding hydrogens is 140 g/mol. The van der Waals surface area contributed by atoms with Gasteiger partial charge in [0.2, 0.25) is 0 Å². The van der Waals surface area contributed by atoms with Crippen molar-refractivity contribution < 1.29 is 4.43 Å². The highest BCUT2D eigenvalue weighted by molar-refractivity contribution is 6.25. The van der Waals surface area contributed by atoms with Gasteiger partial charge in [0.1, 0.15) is 0 Å². The summed E-state index contributed by atoms with van der Waals surface area (Å²) in [5, 5.41) is 0. The smallest absolute Gasteiger partial charge is 0.306 e. The van der Waals surface area contributed by atoms with Gasteiger partial charge in [-0.3, -0.25) is 0 Å². The summed E-state index contributed by atoms with van der Waals surface area (Å²) in [6.45, 7) is 4.27. The number of hydrogen-bond donors (Lipinski definition) is 0.